The van der Waals surface area contributed by atoms with Crippen molar-refractivity contribution in [2.24, 2.45) is 0 Å². The van der Waals surface area contributed by atoms with Crippen LogP contribution < -0.4 is 0 Å². The van der Waals surface area contributed by atoms with Gasteiger partial charge in [-0.2, -0.15) is 39.5 Å². The van der Waals surface area contributed by atoms with Gasteiger partial charge in [0.25, 0.3) is 0 Å². The van der Waals surface area contributed by atoms with Gasteiger partial charge < -0.3 is 0 Å². The summed E-state index contributed by atoms with van der Waals surface area (Å²) >= 11 is 0. The molecule has 0 unspecified atom stereocenters. The predicted octanol–water partition coefficient (Wildman–Crippen LogP) is 4.41. The minimum atomic E-state index is -6.88. The second-order valence-corrected chi connectivity index (χ2v) is 3.50. The van der Waals surface area contributed by atoms with E-state index in [-0.39, 0.29) is 6.07 Å². The third-order valence-electron chi connectivity index (χ3n) is 2.19. The van der Waals surface area contributed by atoms with Crippen LogP contribution in [0.4, 0.5) is 39.5 Å². The van der Waals surface area contributed by atoms with Crippen LogP contribution >= 0.6 is 0 Å². The Kier molecular flexibility index (Phi) is 3.55. The van der Waals surface area contributed by atoms with Gasteiger partial charge in [0.15, 0.2) is 0 Å². The van der Waals surface area contributed by atoms with Crippen LogP contribution in [-0.4, -0.2) is 18.0 Å². The second-order valence-electron chi connectivity index (χ2n) is 3.50. The molecule has 107 valence electrons. The van der Waals surface area contributed by atoms with E-state index >= 15 is 0 Å². The Morgan fingerprint density at radius 1 is 0.737 bits per heavy atom. The van der Waals surface area contributed by atoms with E-state index in [0.717, 1.165) is 12.1 Å². The third-order valence-corrected chi connectivity index (χ3v) is 2.19. The molecule has 1 aromatic carbocycles. The first kappa shape index (κ1) is 15.6. The van der Waals surface area contributed by atoms with Crippen molar-refractivity contribution in [2.75, 3.05) is 0 Å². The zero-order valence-corrected chi connectivity index (χ0v) is 8.71. The van der Waals surface area contributed by atoms with Gasteiger partial charge >= 0.3 is 23.9 Å². The number of hydrogen-bond donors (Lipinski definition) is 0. The maximum absolute atomic E-state index is 13.2. The van der Waals surface area contributed by atoms with Crippen LogP contribution in [0.5, 0.6) is 0 Å². The van der Waals surface area contributed by atoms with Crippen LogP contribution in [0, 0.1) is 6.07 Å². The summed E-state index contributed by atoms with van der Waals surface area (Å²) in [4.78, 5) is 0. The van der Waals surface area contributed by atoms with Gasteiger partial charge in [0.2, 0.25) is 0 Å². The first-order chi connectivity index (χ1) is 8.36. The summed E-state index contributed by atoms with van der Waals surface area (Å²) in [6, 6.07) is 4.31. The summed E-state index contributed by atoms with van der Waals surface area (Å²) in [6.07, 6.45) is -6.81. The quantitative estimate of drug-likeness (QED) is 0.724. The monoisotopic (exact) mass is 295 g/mol. The molecule has 0 nitrogen and oxygen atoms in total. The summed E-state index contributed by atoms with van der Waals surface area (Å²) in [5, 5.41) is 0. The average Bonchev–Trinajstić information content (AvgIpc) is 2.28. The zero-order chi connectivity index (χ0) is 15.1. The minimum Gasteiger partial charge on any atom is -0.194 e. The highest BCUT2D eigenvalue weighted by atomic mass is 19.4. The summed E-state index contributed by atoms with van der Waals surface area (Å²) in [6.45, 7) is 0. The minimum absolute atomic E-state index is 0.278. The number of rotatable bonds is 3. The van der Waals surface area contributed by atoms with E-state index in [4.69, 9.17) is 0 Å². The van der Waals surface area contributed by atoms with Gasteiger partial charge in [0, 0.05) is 5.56 Å². The largest absolute Gasteiger partial charge is 0.460 e. The molecule has 0 aromatic heterocycles. The summed E-state index contributed by atoms with van der Waals surface area (Å²) in [7, 11) is 0. The first-order valence-electron chi connectivity index (χ1n) is 4.53. The van der Waals surface area contributed by atoms with Crippen LogP contribution in [-0.2, 0) is 5.92 Å². The molecule has 1 rings (SSSR count). The number of halogens is 9. The molecule has 0 saturated heterocycles. The van der Waals surface area contributed by atoms with Crippen molar-refractivity contribution in [3.8, 4) is 0 Å². The fourth-order valence-electron chi connectivity index (χ4n) is 1.13. The molecular formula is C10H4F9. The zero-order valence-electron chi connectivity index (χ0n) is 8.71. The molecule has 1 aromatic rings. The molecule has 1 radical (unpaired) electrons. The van der Waals surface area contributed by atoms with Crippen molar-refractivity contribution in [1.29, 1.82) is 0 Å². The van der Waals surface area contributed by atoms with Gasteiger partial charge in [-0.3, -0.25) is 0 Å². The number of hydrogen-bond acceptors (Lipinski definition) is 0. The Morgan fingerprint density at radius 3 is 1.63 bits per heavy atom. The molecule has 19 heavy (non-hydrogen) atoms. The van der Waals surface area contributed by atoms with E-state index in [9.17, 15) is 39.5 Å². The number of alkyl halides is 9. The van der Waals surface area contributed by atoms with Gasteiger partial charge in [-0.15, -0.1) is 0 Å². The van der Waals surface area contributed by atoms with Crippen molar-refractivity contribution in [2.45, 2.75) is 23.9 Å². The lowest BCUT2D eigenvalue weighted by Gasteiger charge is -2.33. The Balaban J connectivity index is 3.34. The molecule has 0 heterocycles. The van der Waals surface area contributed by atoms with Crippen LogP contribution in [0.2, 0.25) is 0 Å². The van der Waals surface area contributed by atoms with Gasteiger partial charge in [0.1, 0.15) is 0 Å². The van der Waals surface area contributed by atoms with Crippen LogP contribution in [0.15, 0.2) is 24.3 Å². The highest BCUT2D eigenvalue weighted by molar-refractivity contribution is 5.23. The Morgan fingerprint density at radius 2 is 1.26 bits per heavy atom. The molecule has 0 atom stereocenters. The molecule has 0 N–H and O–H groups in total. The van der Waals surface area contributed by atoms with Gasteiger partial charge in [-0.25, -0.2) is 0 Å². The molecule has 9 heteroatoms. The maximum Gasteiger partial charge on any atom is 0.460 e. The third kappa shape index (κ3) is 2.25. The summed E-state index contributed by atoms with van der Waals surface area (Å²) in [5.41, 5.74) is -1.76. The first-order valence-corrected chi connectivity index (χ1v) is 4.53. The van der Waals surface area contributed by atoms with Crippen molar-refractivity contribution >= 4 is 0 Å². The normalized spacial score (nSPS) is 14.6. The smallest absolute Gasteiger partial charge is 0.194 e. The molecule has 0 fully saturated rings. The van der Waals surface area contributed by atoms with Crippen LogP contribution in [0.1, 0.15) is 5.56 Å². The van der Waals surface area contributed by atoms with Crippen molar-refractivity contribution in [3.05, 3.63) is 35.9 Å². The van der Waals surface area contributed by atoms with Gasteiger partial charge in [-0.1, -0.05) is 24.3 Å². The van der Waals surface area contributed by atoms with E-state index in [1.165, 1.54) is 6.07 Å². The maximum atomic E-state index is 13.2. The van der Waals surface area contributed by atoms with E-state index in [1.54, 1.807) is 0 Å². The average molecular weight is 295 g/mol. The topological polar surface area (TPSA) is 0 Å². The molecule has 0 spiro atoms. The molecular weight excluding hydrogens is 291 g/mol. The lowest BCUT2D eigenvalue weighted by atomic mass is 9.97. The van der Waals surface area contributed by atoms with E-state index < -0.39 is 29.5 Å². The SMILES string of the molecule is FC(F)(F)C(F)(F)C(F)(F)C(F)(F)c1[c]cccc1. The van der Waals surface area contributed by atoms with Crippen molar-refractivity contribution in [1.82, 2.24) is 0 Å². The molecule has 0 aliphatic carbocycles. The highest BCUT2D eigenvalue weighted by Crippen LogP contribution is 2.56. The van der Waals surface area contributed by atoms with E-state index in [2.05, 4.69) is 0 Å². The molecule has 0 amide bonds. The molecule has 0 aliphatic heterocycles. The van der Waals surface area contributed by atoms with Crippen molar-refractivity contribution in [3.63, 3.8) is 0 Å². The molecule has 0 saturated carbocycles. The van der Waals surface area contributed by atoms with Gasteiger partial charge in [-0.05, 0) is 6.07 Å². The van der Waals surface area contributed by atoms with Crippen LogP contribution in [0.25, 0.3) is 0 Å². The fraction of sp³-hybridized carbons (Fsp3) is 0.400. The summed E-state index contributed by atoms with van der Waals surface area (Å²) in [5.74, 6) is -19.3. The lowest BCUT2D eigenvalue weighted by molar-refractivity contribution is -0.399. The summed E-state index contributed by atoms with van der Waals surface area (Å²) < 4.78 is 113. The van der Waals surface area contributed by atoms with E-state index in [1.807, 2.05) is 0 Å². The lowest BCUT2D eigenvalue weighted by Crippen LogP contribution is -2.59. The van der Waals surface area contributed by atoms with Gasteiger partial charge in [0.05, 0.1) is 0 Å². The highest BCUT2D eigenvalue weighted by Gasteiger charge is 2.82. The van der Waals surface area contributed by atoms with Crippen molar-refractivity contribution < 1.29 is 39.5 Å². The van der Waals surface area contributed by atoms with Crippen LogP contribution in [0.3, 0.4) is 0 Å². The second kappa shape index (κ2) is 4.31. The Labute approximate surface area is 100 Å². The predicted molar refractivity (Wildman–Crippen MR) is 45.1 cm³/mol. The van der Waals surface area contributed by atoms with E-state index in [0.29, 0.717) is 6.07 Å². The number of benzene rings is 1. The molecule has 0 bridgehead atoms. The Bertz CT molecular complexity index is 432. The molecule has 0 aliphatic rings. The Hall–Kier alpha value is -1.41. The fourth-order valence-corrected chi connectivity index (χ4v) is 1.13. The standard InChI is InChI=1S/C10H4F9/c11-7(12,6-4-2-1-3-5-6)8(13,14)9(15,16)10(17,18)19/h1-4H.